The van der Waals surface area contributed by atoms with Gasteiger partial charge >= 0.3 is 0 Å². The molecular weight excluding hydrogens is 244 g/mol. The Hall–Kier alpha value is -1.67. The molecule has 1 aromatic carbocycles. The predicted molar refractivity (Wildman–Crippen MR) is 72.1 cm³/mol. The second kappa shape index (κ2) is 6.31. The van der Waals surface area contributed by atoms with Crippen molar-refractivity contribution in [2.75, 3.05) is 6.54 Å². The van der Waals surface area contributed by atoms with E-state index in [1.807, 2.05) is 42.5 Å². The van der Waals surface area contributed by atoms with Crippen molar-refractivity contribution >= 4 is 11.3 Å². The average Bonchev–Trinajstić information content (AvgIpc) is 2.87. The van der Waals surface area contributed by atoms with Crippen LogP contribution in [0, 0.1) is 11.3 Å². The van der Waals surface area contributed by atoms with Crippen LogP contribution in [0.15, 0.2) is 42.5 Å². The van der Waals surface area contributed by atoms with Crippen LogP contribution in [0.3, 0.4) is 0 Å². The molecule has 2 aromatic rings. The summed E-state index contributed by atoms with van der Waals surface area (Å²) in [7, 11) is 0. The van der Waals surface area contributed by atoms with Crippen LogP contribution in [0.4, 0.5) is 0 Å². The minimum atomic E-state index is -0.499. The van der Waals surface area contributed by atoms with Crippen LogP contribution in [0.25, 0.3) is 0 Å². The SMILES string of the molecule is N#Cc1ccc(CNCC(O)c2ccccc2)s1. The summed E-state index contributed by atoms with van der Waals surface area (Å²) in [5.41, 5.74) is 0.911. The van der Waals surface area contributed by atoms with Gasteiger partial charge in [0.1, 0.15) is 10.9 Å². The first-order valence-corrected chi connectivity index (χ1v) is 6.54. The van der Waals surface area contributed by atoms with Gasteiger partial charge < -0.3 is 10.4 Å². The van der Waals surface area contributed by atoms with E-state index in [1.54, 1.807) is 0 Å². The molecular formula is C14H14N2OS. The van der Waals surface area contributed by atoms with Crippen LogP contribution in [0.1, 0.15) is 21.4 Å². The van der Waals surface area contributed by atoms with Gasteiger partial charge in [-0.2, -0.15) is 5.26 Å². The number of aliphatic hydroxyl groups is 1. The van der Waals surface area contributed by atoms with E-state index in [1.165, 1.54) is 11.3 Å². The molecule has 0 bridgehead atoms. The third-order valence-electron chi connectivity index (χ3n) is 2.59. The van der Waals surface area contributed by atoms with E-state index in [-0.39, 0.29) is 0 Å². The third-order valence-corrected chi connectivity index (χ3v) is 3.58. The normalized spacial score (nSPS) is 12.0. The average molecular weight is 258 g/mol. The number of nitrogens with one attached hydrogen (secondary N) is 1. The molecule has 2 N–H and O–H groups in total. The molecule has 3 nitrogen and oxygen atoms in total. The molecule has 1 aromatic heterocycles. The highest BCUT2D eigenvalue weighted by atomic mass is 32.1. The largest absolute Gasteiger partial charge is 0.387 e. The fourth-order valence-electron chi connectivity index (χ4n) is 1.66. The fraction of sp³-hybridized carbons (Fsp3) is 0.214. The Morgan fingerprint density at radius 1 is 1.22 bits per heavy atom. The van der Waals surface area contributed by atoms with Crippen LogP contribution in [-0.4, -0.2) is 11.7 Å². The van der Waals surface area contributed by atoms with Gasteiger partial charge in [-0.15, -0.1) is 11.3 Å². The molecule has 0 saturated carbocycles. The molecule has 1 atom stereocenters. The van der Waals surface area contributed by atoms with Gasteiger partial charge in [0.15, 0.2) is 0 Å². The van der Waals surface area contributed by atoms with E-state index in [0.29, 0.717) is 13.1 Å². The highest BCUT2D eigenvalue weighted by Gasteiger charge is 2.06. The number of aliphatic hydroxyl groups excluding tert-OH is 1. The van der Waals surface area contributed by atoms with E-state index < -0.39 is 6.10 Å². The highest BCUT2D eigenvalue weighted by Crippen LogP contribution is 2.15. The number of nitriles is 1. The molecule has 2 rings (SSSR count). The molecule has 0 aliphatic carbocycles. The Bertz CT molecular complexity index is 530. The zero-order valence-corrected chi connectivity index (χ0v) is 10.7. The maximum absolute atomic E-state index is 9.94. The van der Waals surface area contributed by atoms with Crippen molar-refractivity contribution in [2.24, 2.45) is 0 Å². The van der Waals surface area contributed by atoms with Gasteiger partial charge in [0.2, 0.25) is 0 Å². The van der Waals surface area contributed by atoms with Gasteiger partial charge in [0.25, 0.3) is 0 Å². The van der Waals surface area contributed by atoms with Gasteiger partial charge in [-0.05, 0) is 17.7 Å². The van der Waals surface area contributed by atoms with Crippen LogP contribution < -0.4 is 5.32 Å². The smallest absolute Gasteiger partial charge is 0.110 e. The maximum Gasteiger partial charge on any atom is 0.110 e. The molecule has 0 aliphatic rings. The van der Waals surface area contributed by atoms with E-state index in [4.69, 9.17) is 5.26 Å². The van der Waals surface area contributed by atoms with E-state index in [0.717, 1.165) is 15.3 Å². The second-order valence-electron chi connectivity index (χ2n) is 3.94. The van der Waals surface area contributed by atoms with Crippen molar-refractivity contribution in [3.8, 4) is 6.07 Å². The lowest BCUT2D eigenvalue weighted by Crippen LogP contribution is -2.20. The molecule has 92 valence electrons. The maximum atomic E-state index is 9.94. The lowest BCUT2D eigenvalue weighted by molar-refractivity contribution is 0.174. The Labute approximate surface area is 110 Å². The molecule has 0 radical (unpaired) electrons. The summed E-state index contributed by atoms with van der Waals surface area (Å²) in [6.07, 6.45) is -0.499. The summed E-state index contributed by atoms with van der Waals surface area (Å²) >= 11 is 1.48. The van der Waals surface area contributed by atoms with Crippen molar-refractivity contribution in [2.45, 2.75) is 12.6 Å². The molecule has 0 spiro atoms. The zero-order valence-electron chi connectivity index (χ0n) is 9.84. The monoisotopic (exact) mass is 258 g/mol. The van der Waals surface area contributed by atoms with Crippen molar-refractivity contribution in [3.63, 3.8) is 0 Å². The lowest BCUT2D eigenvalue weighted by atomic mass is 10.1. The zero-order chi connectivity index (χ0) is 12.8. The van der Waals surface area contributed by atoms with Crippen LogP contribution in [0.5, 0.6) is 0 Å². The number of benzene rings is 1. The first kappa shape index (κ1) is 12.8. The molecule has 0 saturated heterocycles. The number of thiophene rings is 1. The van der Waals surface area contributed by atoms with Gasteiger partial charge in [-0.25, -0.2) is 0 Å². The number of hydrogen-bond donors (Lipinski definition) is 2. The van der Waals surface area contributed by atoms with Crippen molar-refractivity contribution in [1.82, 2.24) is 5.32 Å². The van der Waals surface area contributed by atoms with Crippen LogP contribution in [0.2, 0.25) is 0 Å². The summed E-state index contributed by atoms with van der Waals surface area (Å²) < 4.78 is 0. The predicted octanol–water partition coefficient (Wildman–Crippen LogP) is 2.44. The summed E-state index contributed by atoms with van der Waals surface area (Å²) in [6.45, 7) is 1.18. The quantitative estimate of drug-likeness (QED) is 0.866. The van der Waals surface area contributed by atoms with Gasteiger partial charge in [0.05, 0.1) is 6.10 Å². The Balaban J connectivity index is 1.80. The topological polar surface area (TPSA) is 56.0 Å². The Kier molecular flexibility index (Phi) is 4.48. The molecule has 1 heterocycles. The van der Waals surface area contributed by atoms with E-state index >= 15 is 0 Å². The molecule has 4 heteroatoms. The Morgan fingerprint density at radius 2 is 2.00 bits per heavy atom. The van der Waals surface area contributed by atoms with E-state index in [2.05, 4.69) is 11.4 Å². The van der Waals surface area contributed by atoms with Crippen LogP contribution >= 0.6 is 11.3 Å². The number of rotatable bonds is 5. The molecule has 0 fully saturated rings. The van der Waals surface area contributed by atoms with Crippen molar-refractivity contribution in [3.05, 3.63) is 57.8 Å². The number of nitrogens with zero attached hydrogens (tertiary/aromatic N) is 1. The van der Waals surface area contributed by atoms with Crippen molar-refractivity contribution < 1.29 is 5.11 Å². The van der Waals surface area contributed by atoms with Crippen LogP contribution in [-0.2, 0) is 6.54 Å². The first-order valence-electron chi connectivity index (χ1n) is 5.72. The number of hydrogen-bond acceptors (Lipinski definition) is 4. The minimum absolute atomic E-state index is 0.499. The summed E-state index contributed by atoms with van der Waals surface area (Å²) in [5, 5.41) is 21.8. The molecule has 18 heavy (non-hydrogen) atoms. The third kappa shape index (κ3) is 3.41. The van der Waals surface area contributed by atoms with E-state index in [9.17, 15) is 5.11 Å². The van der Waals surface area contributed by atoms with Gasteiger partial charge in [0, 0.05) is 18.0 Å². The van der Waals surface area contributed by atoms with Gasteiger partial charge in [-0.1, -0.05) is 30.3 Å². The first-order chi connectivity index (χ1) is 8.79. The minimum Gasteiger partial charge on any atom is -0.387 e. The fourth-order valence-corrected chi connectivity index (χ4v) is 2.43. The highest BCUT2D eigenvalue weighted by molar-refractivity contribution is 7.12. The summed E-state index contributed by atoms with van der Waals surface area (Å²) in [5.74, 6) is 0. The summed E-state index contributed by atoms with van der Waals surface area (Å²) in [4.78, 5) is 1.82. The molecule has 0 amide bonds. The molecule has 1 unspecified atom stereocenters. The molecule has 0 aliphatic heterocycles. The standard InChI is InChI=1S/C14H14N2OS/c15-8-12-6-7-13(18-12)9-16-10-14(17)11-4-2-1-3-5-11/h1-7,14,16-17H,9-10H2. The second-order valence-corrected chi connectivity index (χ2v) is 5.10. The lowest BCUT2D eigenvalue weighted by Gasteiger charge is -2.11. The summed E-state index contributed by atoms with van der Waals surface area (Å²) in [6, 6.07) is 15.4. The van der Waals surface area contributed by atoms with Crippen molar-refractivity contribution in [1.29, 1.82) is 5.26 Å². The Morgan fingerprint density at radius 3 is 2.67 bits per heavy atom. The van der Waals surface area contributed by atoms with Gasteiger partial charge in [-0.3, -0.25) is 0 Å².